The maximum absolute atomic E-state index is 4.60. The highest BCUT2D eigenvalue weighted by atomic mass is 32.2. The molecule has 1 nitrogen and oxygen atoms in total. The molecule has 0 aliphatic rings. The number of hydrogen-bond donors (Lipinski definition) is 0. The van der Waals surface area contributed by atoms with Crippen LogP contribution in [-0.2, 0) is 0 Å². The van der Waals surface area contributed by atoms with Crippen molar-refractivity contribution < 1.29 is 0 Å². The quantitative estimate of drug-likeness (QED) is 0.120. The first-order valence-electron chi connectivity index (χ1n) is 14.7. The molecule has 7 rings (SSSR count). The molecule has 0 N–H and O–H groups in total. The van der Waals surface area contributed by atoms with Crippen LogP contribution in [0.1, 0.15) is 0 Å². The maximum Gasteiger partial charge on any atom is 0.0737 e. The molecule has 1 atom stereocenters. The first-order chi connectivity index (χ1) is 21.7. The summed E-state index contributed by atoms with van der Waals surface area (Å²) in [6.45, 7) is 0. The molecule has 0 radical (unpaired) electrons. The van der Waals surface area contributed by atoms with Gasteiger partial charge in [-0.2, -0.15) is 0 Å². The van der Waals surface area contributed by atoms with Crippen molar-refractivity contribution >= 4 is 74.9 Å². The van der Waals surface area contributed by atoms with E-state index in [1.807, 2.05) is 0 Å². The van der Waals surface area contributed by atoms with Crippen LogP contribution in [0.2, 0.25) is 0 Å². The van der Waals surface area contributed by atoms with Gasteiger partial charge in [-0.15, -0.1) is 10.5 Å². The molecule has 1 heterocycles. The minimum Gasteiger partial charge on any atom is -0.303 e. The molecule has 7 aromatic rings. The Hall–Kier alpha value is -4.06. The molecule has 44 heavy (non-hydrogen) atoms. The highest BCUT2D eigenvalue weighted by molar-refractivity contribution is 8.13. The van der Waals surface area contributed by atoms with Crippen LogP contribution in [0.3, 0.4) is 0 Å². The van der Waals surface area contributed by atoms with Crippen molar-refractivity contribution in [3.05, 3.63) is 170 Å². The Balaban J connectivity index is 1.60. The van der Waals surface area contributed by atoms with E-state index in [4.69, 9.17) is 0 Å². The van der Waals surface area contributed by atoms with Gasteiger partial charge in [-0.25, -0.2) is 0 Å². The summed E-state index contributed by atoms with van der Waals surface area (Å²) in [7, 11) is -1.91. The molecule has 6 aromatic carbocycles. The predicted octanol–water partition coefficient (Wildman–Crippen LogP) is 7.84. The van der Waals surface area contributed by atoms with Gasteiger partial charge < -0.3 is 4.57 Å². The van der Waals surface area contributed by atoms with Crippen LogP contribution >= 0.6 is 26.3 Å². The van der Waals surface area contributed by atoms with Gasteiger partial charge in [-0.1, -0.05) is 164 Å². The molecular weight excluding hydrogens is 588 g/mol. The minimum absolute atomic E-state index is 0.222. The Labute approximate surface area is 265 Å². The van der Waals surface area contributed by atoms with Crippen molar-refractivity contribution in [2.75, 3.05) is 6.26 Å². The number of hydrogen-bond acceptors (Lipinski definition) is 0. The summed E-state index contributed by atoms with van der Waals surface area (Å²) in [5.41, 5.74) is 2.60. The van der Waals surface area contributed by atoms with E-state index in [-0.39, 0.29) is 10.5 Å². The molecule has 0 bridgehead atoms. The summed E-state index contributed by atoms with van der Waals surface area (Å²) >= 11 is 0. The van der Waals surface area contributed by atoms with Gasteiger partial charge in [-0.05, 0) is 52.9 Å². The molecule has 214 valence electrons. The summed E-state index contributed by atoms with van der Waals surface area (Å²) in [6.07, 6.45) is 2.24. The summed E-state index contributed by atoms with van der Waals surface area (Å²) in [5.74, 6) is 4.60. The normalized spacial score (nSPS) is 12.2. The Kier molecular flexibility index (Phi) is 8.41. The fraction of sp³-hybridized carbons (Fsp3) is 0.0250. The lowest BCUT2D eigenvalue weighted by atomic mass is 10.1. The SMILES string of the molecule is C=S(C)c1ccc(P(c2ccccc2)c2ccccc2)n1-c1c(P(c2ccccc2)c2ccccc2)ccc2ccccc12. The molecule has 1 unspecified atom stereocenters. The fourth-order valence-corrected chi connectivity index (χ4v) is 11.6. The van der Waals surface area contributed by atoms with E-state index < -0.39 is 15.8 Å². The maximum atomic E-state index is 4.60. The van der Waals surface area contributed by atoms with E-state index in [1.54, 1.807) is 0 Å². The lowest BCUT2D eigenvalue weighted by Gasteiger charge is -2.28. The standard InChI is InChI=1S/C40H33NP2S/c1-44(2)39-30-29-38(43(34-22-11-5-12-23-34)35-24-13-6-14-25-35)41(39)40-36-26-16-15-17-31(36)27-28-37(40)42(32-18-7-3-8-19-32)33-20-9-4-10-21-33/h3-30H,1H2,2H3. The highest BCUT2D eigenvalue weighted by Crippen LogP contribution is 2.42. The average molecular weight is 622 g/mol. The van der Waals surface area contributed by atoms with Crippen LogP contribution in [0.5, 0.6) is 0 Å². The third-order valence-corrected chi connectivity index (χ3v) is 13.8. The van der Waals surface area contributed by atoms with Crippen molar-refractivity contribution in [1.29, 1.82) is 0 Å². The first-order valence-corrected chi connectivity index (χ1v) is 19.2. The lowest BCUT2D eigenvalue weighted by Crippen LogP contribution is -2.30. The lowest BCUT2D eigenvalue weighted by molar-refractivity contribution is 1.00. The van der Waals surface area contributed by atoms with Crippen molar-refractivity contribution in [1.82, 2.24) is 4.57 Å². The van der Waals surface area contributed by atoms with E-state index >= 15 is 0 Å². The fourth-order valence-electron chi connectivity index (χ4n) is 5.89. The largest absolute Gasteiger partial charge is 0.303 e. The zero-order chi connectivity index (χ0) is 29.9. The second-order valence-corrected chi connectivity index (χ2v) is 16.7. The van der Waals surface area contributed by atoms with Gasteiger partial charge in [0.2, 0.25) is 0 Å². The molecular formula is C40H33NP2S. The average Bonchev–Trinajstić information content (AvgIpc) is 3.51. The van der Waals surface area contributed by atoms with Gasteiger partial charge in [0.25, 0.3) is 0 Å². The van der Waals surface area contributed by atoms with E-state index in [0.717, 1.165) is 0 Å². The second kappa shape index (κ2) is 12.9. The monoisotopic (exact) mass is 621 g/mol. The molecule has 0 aliphatic carbocycles. The molecule has 0 spiro atoms. The molecule has 0 saturated heterocycles. The minimum atomic E-state index is -0.847. The van der Waals surface area contributed by atoms with Crippen molar-refractivity contribution in [2.45, 2.75) is 5.03 Å². The summed E-state index contributed by atoms with van der Waals surface area (Å²) < 4.78 is 2.60. The Morgan fingerprint density at radius 3 is 1.43 bits per heavy atom. The van der Waals surface area contributed by atoms with Gasteiger partial charge in [0.1, 0.15) is 0 Å². The molecule has 0 aliphatic heterocycles. The molecule has 1 aromatic heterocycles. The van der Waals surface area contributed by atoms with Gasteiger partial charge >= 0.3 is 0 Å². The summed E-state index contributed by atoms with van der Waals surface area (Å²) in [5, 5.41) is 10.5. The topological polar surface area (TPSA) is 4.93 Å². The third-order valence-electron chi connectivity index (χ3n) is 7.81. The molecule has 4 heteroatoms. The van der Waals surface area contributed by atoms with Gasteiger partial charge in [0.05, 0.1) is 16.1 Å². The second-order valence-electron chi connectivity index (χ2n) is 10.7. The zero-order valence-electron chi connectivity index (χ0n) is 24.6. The van der Waals surface area contributed by atoms with Crippen LogP contribution in [0, 0.1) is 0 Å². The van der Waals surface area contributed by atoms with Crippen LogP contribution in [0.15, 0.2) is 175 Å². The number of aromatic nitrogens is 1. The number of nitrogens with zero attached hydrogens (tertiary/aromatic N) is 1. The molecule has 0 saturated carbocycles. The highest BCUT2D eigenvalue weighted by Gasteiger charge is 2.28. The van der Waals surface area contributed by atoms with Gasteiger partial charge in [-0.3, -0.25) is 0 Å². The number of rotatable bonds is 8. The Bertz CT molecular complexity index is 1960. The third kappa shape index (κ3) is 5.51. The predicted molar refractivity (Wildman–Crippen MR) is 200 cm³/mol. The van der Waals surface area contributed by atoms with E-state index in [0.29, 0.717) is 0 Å². The van der Waals surface area contributed by atoms with Crippen molar-refractivity contribution in [3.8, 4) is 5.69 Å². The van der Waals surface area contributed by atoms with E-state index in [9.17, 15) is 0 Å². The van der Waals surface area contributed by atoms with Crippen LogP contribution in [-0.4, -0.2) is 16.7 Å². The first kappa shape index (κ1) is 28.7. The molecule has 0 amide bonds. The summed E-state index contributed by atoms with van der Waals surface area (Å²) in [4.78, 5) is 0. The van der Waals surface area contributed by atoms with Gasteiger partial charge in [0, 0.05) is 18.6 Å². The van der Waals surface area contributed by atoms with Crippen LogP contribution in [0.4, 0.5) is 0 Å². The van der Waals surface area contributed by atoms with Crippen LogP contribution in [0.25, 0.3) is 16.5 Å². The number of fused-ring (bicyclic) bond motifs is 1. The Morgan fingerprint density at radius 2 is 0.932 bits per heavy atom. The van der Waals surface area contributed by atoms with E-state index in [2.05, 4.69) is 187 Å². The zero-order valence-corrected chi connectivity index (χ0v) is 27.2. The number of benzene rings is 6. The summed E-state index contributed by atoms with van der Waals surface area (Å²) in [6, 6.07) is 62.4. The van der Waals surface area contributed by atoms with Crippen molar-refractivity contribution in [3.63, 3.8) is 0 Å². The van der Waals surface area contributed by atoms with Crippen molar-refractivity contribution in [2.24, 2.45) is 0 Å². The van der Waals surface area contributed by atoms with Gasteiger partial charge in [0.15, 0.2) is 0 Å². The smallest absolute Gasteiger partial charge is 0.0737 e. The van der Waals surface area contributed by atoms with E-state index in [1.165, 1.54) is 53.4 Å². The molecule has 0 fully saturated rings. The Morgan fingerprint density at radius 1 is 0.477 bits per heavy atom. The van der Waals surface area contributed by atoms with Crippen LogP contribution < -0.4 is 32.0 Å².